The molecule has 0 bridgehead atoms. The second-order valence-corrected chi connectivity index (χ2v) is 6.33. The molecule has 112 valence electrons. The topological polar surface area (TPSA) is 58.2 Å². The van der Waals surface area contributed by atoms with Crippen LogP contribution in [0.25, 0.3) is 0 Å². The van der Waals surface area contributed by atoms with Gasteiger partial charge in [0.2, 0.25) is 10.0 Å². The molecule has 2 N–H and O–H groups in total. The molecule has 0 radical (unpaired) electrons. The quantitative estimate of drug-likeness (QED) is 0.810. The van der Waals surface area contributed by atoms with Crippen molar-refractivity contribution in [2.45, 2.75) is 12.2 Å². The third kappa shape index (κ3) is 5.58. The van der Waals surface area contributed by atoms with Gasteiger partial charge in [0.25, 0.3) is 0 Å². The lowest BCUT2D eigenvalue weighted by molar-refractivity contribution is 0.581. The molecule has 0 saturated heterocycles. The van der Waals surface area contributed by atoms with Crippen LogP contribution in [-0.4, -0.2) is 28.1 Å². The number of halogens is 2. The van der Waals surface area contributed by atoms with E-state index in [2.05, 4.69) is 10.0 Å². The van der Waals surface area contributed by atoms with Gasteiger partial charge in [0, 0.05) is 13.1 Å². The van der Waals surface area contributed by atoms with E-state index in [1.165, 1.54) is 18.2 Å². The van der Waals surface area contributed by atoms with Gasteiger partial charge in [-0.2, -0.15) is 0 Å². The first-order valence-corrected chi connectivity index (χ1v) is 7.81. The van der Waals surface area contributed by atoms with E-state index in [1.807, 2.05) is 6.08 Å². The molecule has 4 nitrogen and oxygen atoms in total. The van der Waals surface area contributed by atoms with Crippen LogP contribution in [0.1, 0.15) is 12.0 Å². The monoisotopic (exact) mass is 320 g/mol. The van der Waals surface area contributed by atoms with Gasteiger partial charge in [-0.05, 0) is 30.7 Å². The standard InChI is InChI=1S/C13H17FN2O2S.ClH/c14-13-3-1-2-12(8-13)10-19(17,18)16-9-11-4-6-15-7-5-11;/h1-4,8,15-16H,5-7,9-10H2;1H. The second-order valence-electron chi connectivity index (χ2n) is 4.53. The van der Waals surface area contributed by atoms with E-state index in [-0.39, 0.29) is 18.2 Å². The van der Waals surface area contributed by atoms with Crippen molar-refractivity contribution in [2.75, 3.05) is 19.6 Å². The molecule has 0 atom stereocenters. The number of hydrogen-bond acceptors (Lipinski definition) is 3. The third-order valence-electron chi connectivity index (χ3n) is 2.92. The van der Waals surface area contributed by atoms with Crippen molar-refractivity contribution in [3.05, 3.63) is 47.3 Å². The van der Waals surface area contributed by atoms with Gasteiger partial charge < -0.3 is 5.32 Å². The highest BCUT2D eigenvalue weighted by molar-refractivity contribution is 7.88. The molecule has 0 fully saturated rings. The molecule has 1 aromatic carbocycles. The predicted molar refractivity (Wildman–Crippen MR) is 79.8 cm³/mol. The smallest absolute Gasteiger partial charge is 0.216 e. The molecular weight excluding hydrogens is 303 g/mol. The van der Waals surface area contributed by atoms with Crippen molar-refractivity contribution < 1.29 is 12.8 Å². The van der Waals surface area contributed by atoms with E-state index in [0.29, 0.717) is 12.1 Å². The molecule has 1 aromatic rings. The Morgan fingerprint density at radius 2 is 2.15 bits per heavy atom. The Labute approximate surface area is 124 Å². The van der Waals surface area contributed by atoms with Crippen molar-refractivity contribution in [3.63, 3.8) is 0 Å². The summed E-state index contributed by atoms with van der Waals surface area (Å²) in [5.41, 5.74) is 1.54. The molecule has 7 heteroatoms. The lowest BCUT2D eigenvalue weighted by Crippen LogP contribution is -2.30. The zero-order valence-corrected chi connectivity index (χ0v) is 12.6. The van der Waals surface area contributed by atoms with Crippen LogP contribution in [0, 0.1) is 5.82 Å². The molecule has 1 aliphatic rings. The Morgan fingerprint density at radius 3 is 2.80 bits per heavy atom. The van der Waals surface area contributed by atoms with Gasteiger partial charge in [-0.3, -0.25) is 0 Å². The summed E-state index contributed by atoms with van der Waals surface area (Å²) in [5, 5.41) is 3.16. The van der Waals surface area contributed by atoms with Crippen LogP contribution in [0.5, 0.6) is 0 Å². The van der Waals surface area contributed by atoms with Gasteiger partial charge in [0.1, 0.15) is 5.82 Å². The highest BCUT2D eigenvalue weighted by atomic mass is 35.5. The summed E-state index contributed by atoms with van der Waals surface area (Å²) < 4.78 is 39.3. The van der Waals surface area contributed by atoms with Crippen LogP contribution in [0.3, 0.4) is 0 Å². The first-order valence-electron chi connectivity index (χ1n) is 6.15. The van der Waals surface area contributed by atoms with Gasteiger partial charge in [0.15, 0.2) is 0 Å². The number of benzene rings is 1. The van der Waals surface area contributed by atoms with Crippen molar-refractivity contribution >= 4 is 22.4 Å². The van der Waals surface area contributed by atoms with Crippen LogP contribution < -0.4 is 10.0 Å². The Balaban J connectivity index is 0.00000200. The van der Waals surface area contributed by atoms with Crippen LogP contribution >= 0.6 is 12.4 Å². The Hall–Kier alpha value is -0.950. The minimum absolute atomic E-state index is 0. The lowest BCUT2D eigenvalue weighted by atomic mass is 10.1. The van der Waals surface area contributed by atoms with Gasteiger partial charge in [-0.15, -0.1) is 12.4 Å². The van der Waals surface area contributed by atoms with Gasteiger partial charge in [0.05, 0.1) is 5.75 Å². The number of rotatable bonds is 5. The summed E-state index contributed by atoms with van der Waals surface area (Å²) in [4.78, 5) is 0. The van der Waals surface area contributed by atoms with Crippen molar-refractivity contribution in [1.29, 1.82) is 0 Å². The minimum Gasteiger partial charge on any atom is -0.313 e. The van der Waals surface area contributed by atoms with E-state index in [4.69, 9.17) is 0 Å². The normalized spacial score (nSPS) is 15.3. The molecule has 2 rings (SSSR count). The molecule has 0 aliphatic carbocycles. The molecule has 0 unspecified atom stereocenters. The van der Waals surface area contributed by atoms with Crippen LogP contribution in [0.2, 0.25) is 0 Å². The van der Waals surface area contributed by atoms with E-state index in [9.17, 15) is 12.8 Å². The van der Waals surface area contributed by atoms with E-state index in [1.54, 1.807) is 6.07 Å². The number of hydrogen-bond donors (Lipinski definition) is 2. The van der Waals surface area contributed by atoms with E-state index in [0.717, 1.165) is 25.1 Å². The molecule has 1 heterocycles. The second kappa shape index (κ2) is 7.73. The molecule has 0 amide bonds. The Bertz CT molecular complexity index is 575. The molecule has 0 saturated carbocycles. The highest BCUT2D eigenvalue weighted by Gasteiger charge is 2.13. The van der Waals surface area contributed by atoms with Crippen molar-refractivity contribution in [1.82, 2.24) is 10.0 Å². The van der Waals surface area contributed by atoms with Gasteiger partial charge in [-0.1, -0.05) is 23.8 Å². The Kier molecular flexibility index (Phi) is 6.61. The summed E-state index contributed by atoms with van der Waals surface area (Å²) in [5.74, 6) is -0.621. The summed E-state index contributed by atoms with van der Waals surface area (Å²) in [6, 6.07) is 5.65. The SMILES string of the molecule is Cl.O=S(=O)(Cc1cccc(F)c1)NCC1=CCNCC1. The van der Waals surface area contributed by atoms with Crippen LogP contribution in [0.15, 0.2) is 35.9 Å². The first-order chi connectivity index (χ1) is 9.05. The molecule has 1 aliphatic heterocycles. The first kappa shape index (κ1) is 17.1. The third-order valence-corrected chi connectivity index (χ3v) is 4.22. The summed E-state index contributed by atoms with van der Waals surface area (Å²) in [6.45, 7) is 1.98. The fraction of sp³-hybridized carbons (Fsp3) is 0.385. The van der Waals surface area contributed by atoms with Crippen molar-refractivity contribution in [3.8, 4) is 0 Å². The highest BCUT2D eigenvalue weighted by Crippen LogP contribution is 2.08. The average Bonchev–Trinajstić information content (AvgIpc) is 2.37. The molecule has 20 heavy (non-hydrogen) atoms. The fourth-order valence-corrected chi connectivity index (χ4v) is 3.06. The average molecular weight is 321 g/mol. The Morgan fingerprint density at radius 1 is 1.35 bits per heavy atom. The summed E-state index contributed by atoms with van der Waals surface area (Å²) in [7, 11) is -3.43. The molecular formula is C13H18ClFN2O2S. The summed E-state index contributed by atoms with van der Waals surface area (Å²) in [6.07, 6.45) is 2.84. The lowest BCUT2D eigenvalue weighted by Gasteiger charge is -2.14. The zero-order valence-electron chi connectivity index (χ0n) is 10.9. The zero-order chi connectivity index (χ0) is 13.7. The van der Waals surface area contributed by atoms with E-state index >= 15 is 0 Å². The van der Waals surface area contributed by atoms with Gasteiger partial charge in [-0.25, -0.2) is 17.5 Å². The fourth-order valence-electron chi connectivity index (χ4n) is 1.93. The van der Waals surface area contributed by atoms with Crippen LogP contribution in [-0.2, 0) is 15.8 Å². The maximum absolute atomic E-state index is 13.0. The predicted octanol–water partition coefficient (Wildman–Crippen LogP) is 1.59. The maximum atomic E-state index is 13.0. The van der Waals surface area contributed by atoms with Gasteiger partial charge >= 0.3 is 0 Å². The largest absolute Gasteiger partial charge is 0.313 e. The summed E-state index contributed by atoms with van der Waals surface area (Å²) >= 11 is 0. The van der Waals surface area contributed by atoms with Crippen LogP contribution in [0.4, 0.5) is 4.39 Å². The molecule has 0 aromatic heterocycles. The van der Waals surface area contributed by atoms with Crippen molar-refractivity contribution in [2.24, 2.45) is 0 Å². The molecule has 0 spiro atoms. The minimum atomic E-state index is -3.43. The number of sulfonamides is 1. The van der Waals surface area contributed by atoms with E-state index < -0.39 is 15.8 Å². The maximum Gasteiger partial charge on any atom is 0.216 e. The number of nitrogens with one attached hydrogen (secondary N) is 2.